The molecule has 0 radical (unpaired) electrons. The van der Waals surface area contributed by atoms with Crippen LogP contribution in [0.25, 0.3) is 0 Å². The van der Waals surface area contributed by atoms with E-state index in [2.05, 4.69) is 5.32 Å². The Morgan fingerprint density at radius 3 is 2.28 bits per heavy atom. The highest BCUT2D eigenvalue weighted by atomic mass is 35.5. The van der Waals surface area contributed by atoms with Gasteiger partial charge in [0.2, 0.25) is 5.91 Å². The standard InChI is InChI=1S/C23H23ClN2O5S/c1-30-19-12-13-22(31-2)21(14-19)26(32(28,29)20-6-4-3-5-7-20)16-23(27)25-15-17-8-10-18(24)11-9-17/h3-14H,15-16H2,1-2H3,(H,25,27). The highest BCUT2D eigenvalue weighted by Crippen LogP contribution is 2.35. The van der Waals surface area contributed by atoms with Gasteiger partial charge in [0.1, 0.15) is 18.0 Å². The van der Waals surface area contributed by atoms with Crippen molar-refractivity contribution in [1.29, 1.82) is 0 Å². The van der Waals surface area contributed by atoms with Crippen LogP contribution in [-0.4, -0.2) is 35.1 Å². The van der Waals surface area contributed by atoms with Gasteiger partial charge in [0, 0.05) is 17.6 Å². The SMILES string of the molecule is COc1ccc(OC)c(N(CC(=O)NCc2ccc(Cl)cc2)S(=O)(=O)c2ccccc2)c1. The number of amides is 1. The Kier molecular flexibility index (Phi) is 7.61. The zero-order chi connectivity index (χ0) is 23.1. The number of benzene rings is 3. The zero-order valence-electron chi connectivity index (χ0n) is 17.6. The van der Waals surface area contributed by atoms with Crippen molar-refractivity contribution in [1.82, 2.24) is 5.32 Å². The molecule has 9 heteroatoms. The van der Waals surface area contributed by atoms with E-state index in [9.17, 15) is 13.2 Å². The Morgan fingerprint density at radius 1 is 0.969 bits per heavy atom. The summed E-state index contributed by atoms with van der Waals surface area (Å²) in [6, 6.07) is 19.7. The number of methoxy groups -OCH3 is 2. The molecule has 0 fully saturated rings. The molecule has 32 heavy (non-hydrogen) atoms. The van der Waals surface area contributed by atoms with Crippen LogP contribution in [0.15, 0.2) is 77.7 Å². The molecule has 0 aliphatic carbocycles. The van der Waals surface area contributed by atoms with Crippen LogP contribution < -0.4 is 19.1 Å². The number of hydrogen-bond acceptors (Lipinski definition) is 5. The van der Waals surface area contributed by atoms with Crippen molar-refractivity contribution in [3.8, 4) is 11.5 Å². The van der Waals surface area contributed by atoms with Gasteiger partial charge in [0.15, 0.2) is 0 Å². The van der Waals surface area contributed by atoms with Crippen LogP contribution >= 0.6 is 11.6 Å². The van der Waals surface area contributed by atoms with E-state index < -0.39 is 22.5 Å². The van der Waals surface area contributed by atoms with E-state index in [0.717, 1.165) is 9.87 Å². The number of anilines is 1. The van der Waals surface area contributed by atoms with Crippen molar-refractivity contribution in [2.45, 2.75) is 11.4 Å². The smallest absolute Gasteiger partial charge is 0.264 e. The lowest BCUT2D eigenvalue weighted by atomic mass is 10.2. The number of carbonyl (C=O) groups is 1. The molecule has 0 saturated heterocycles. The molecule has 1 amide bonds. The number of ether oxygens (including phenoxy) is 2. The lowest BCUT2D eigenvalue weighted by molar-refractivity contribution is -0.119. The largest absolute Gasteiger partial charge is 0.497 e. The lowest BCUT2D eigenvalue weighted by Gasteiger charge is -2.26. The summed E-state index contributed by atoms with van der Waals surface area (Å²) in [6.07, 6.45) is 0. The molecule has 3 rings (SSSR count). The zero-order valence-corrected chi connectivity index (χ0v) is 19.2. The van der Waals surface area contributed by atoms with Crippen molar-refractivity contribution in [3.05, 3.63) is 83.4 Å². The number of nitrogens with zero attached hydrogens (tertiary/aromatic N) is 1. The summed E-state index contributed by atoms with van der Waals surface area (Å²) < 4.78 is 38.6. The lowest BCUT2D eigenvalue weighted by Crippen LogP contribution is -2.40. The molecule has 3 aromatic rings. The average molecular weight is 475 g/mol. The first-order valence-electron chi connectivity index (χ1n) is 9.66. The molecule has 0 unspecified atom stereocenters. The molecule has 0 heterocycles. The third kappa shape index (κ3) is 5.52. The maximum Gasteiger partial charge on any atom is 0.264 e. The van der Waals surface area contributed by atoms with E-state index in [1.54, 1.807) is 54.6 Å². The Labute approximate surface area is 192 Å². The van der Waals surface area contributed by atoms with Crippen molar-refractivity contribution in [2.75, 3.05) is 25.1 Å². The second-order valence-corrected chi connectivity index (χ2v) is 9.06. The van der Waals surface area contributed by atoms with Gasteiger partial charge in [-0.1, -0.05) is 41.9 Å². The van der Waals surface area contributed by atoms with Crippen molar-refractivity contribution in [3.63, 3.8) is 0 Å². The van der Waals surface area contributed by atoms with E-state index in [-0.39, 0.29) is 22.9 Å². The molecule has 168 valence electrons. The topological polar surface area (TPSA) is 84.9 Å². The molecule has 0 aliphatic heterocycles. The van der Waals surface area contributed by atoms with Crippen LogP contribution in [0, 0.1) is 0 Å². The number of carbonyl (C=O) groups excluding carboxylic acids is 1. The molecule has 0 aromatic heterocycles. The summed E-state index contributed by atoms with van der Waals surface area (Å²) in [6.45, 7) is -0.223. The Morgan fingerprint density at radius 2 is 1.66 bits per heavy atom. The second-order valence-electron chi connectivity index (χ2n) is 6.77. The third-order valence-corrected chi connectivity index (χ3v) is 6.70. The first kappa shape index (κ1) is 23.4. The van der Waals surface area contributed by atoms with E-state index >= 15 is 0 Å². The monoisotopic (exact) mass is 474 g/mol. The summed E-state index contributed by atoms with van der Waals surface area (Å²) in [5, 5.41) is 3.34. The van der Waals surface area contributed by atoms with Gasteiger partial charge in [0.25, 0.3) is 10.0 Å². The Hall–Kier alpha value is -3.23. The van der Waals surface area contributed by atoms with Crippen LogP contribution in [0.4, 0.5) is 5.69 Å². The minimum absolute atomic E-state index is 0.0513. The fraction of sp³-hybridized carbons (Fsp3) is 0.174. The van der Waals surface area contributed by atoms with Crippen molar-refractivity contribution >= 4 is 33.2 Å². The number of sulfonamides is 1. The molecule has 7 nitrogen and oxygen atoms in total. The highest BCUT2D eigenvalue weighted by molar-refractivity contribution is 7.92. The van der Waals surface area contributed by atoms with Gasteiger partial charge in [0.05, 0.1) is 24.8 Å². The molecular weight excluding hydrogens is 452 g/mol. The first-order chi connectivity index (χ1) is 15.3. The summed E-state index contributed by atoms with van der Waals surface area (Å²) >= 11 is 5.89. The second kappa shape index (κ2) is 10.4. The molecule has 0 spiro atoms. The minimum Gasteiger partial charge on any atom is -0.497 e. The first-order valence-corrected chi connectivity index (χ1v) is 11.5. The summed E-state index contributed by atoms with van der Waals surface area (Å²) in [5.41, 5.74) is 1.02. The van der Waals surface area contributed by atoms with E-state index in [1.165, 1.54) is 32.4 Å². The van der Waals surface area contributed by atoms with Gasteiger partial charge in [-0.05, 0) is 42.0 Å². The number of halogens is 1. The highest BCUT2D eigenvalue weighted by Gasteiger charge is 2.29. The molecular formula is C23H23ClN2O5S. The minimum atomic E-state index is -4.08. The predicted molar refractivity (Wildman–Crippen MR) is 124 cm³/mol. The quantitative estimate of drug-likeness (QED) is 0.509. The molecule has 1 N–H and O–H groups in total. The molecule has 0 atom stereocenters. The molecule has 3 aromatic carbocycles. The summed E-state index contributed by atoms with van der Waals surface area (Å²) in [5.74, 6) is 0.232. The average Bonchev–Trinajstić information content (AvgIpc) is 2.82. The Bertz CT molecular complexity index is 1170. The van der Waals surface area contributed by atoms with Gasteiger partial charge in [-0.3, -0.25) is 9.10 Å². The van der Waals surface area contributed by atoms with Crippen LogP contribution in [0.5, 0.6) is 11.5 Å². The van der Waals surface area contributed by atoms with Gasteiger partial charge in [-0.25, -0.2) is 8.42 Å². The maximum absolute atomic E-state index is 13.5. The maximum atomic E-state index is 13.5. The van der Waals surface area contributed by atoms with Gasteiger partial charge < -0.3 is 14.8 Å². The van der Waals surface area contributed by atoms with Crippen LogP contribution in [0.3, 0.4) is 0 Å². The van der Waals surface area contributed by atoms with Crippen LogP contribution in [0.1, 0.15) is 5.56 Å². The fourth-order valence-electron chi connectivity index (χ4n) is 3.00. The summed E-state index contributed by atoms with van der Waals surface area (Å²) in [4.78, 5) is 12.8. The van der Waals surface area contributed by atoms with E-state index in [1.807, 2.05) is 0 Å². The predicted octanol–water partition coefficient (Wildman–Crippen LogP) is 3.87. The van der Waals surface area contributed by atoms with Gasteiger partial charge >= 0.3 is 0 Å². The number of rotatable bonds is 9. The van der Waals surface area contributed by atoms with E-state index in [0.29, 0.717) is 10.8 Å². The van der Waals surface area contributed by atoms with Crippen LogP contribution in [-0.2, 0) is 21.4 Å². The molecule has 0 aliphatic rings. The van der Waals surface area contributed by atoms with Crippen LogP contribution in [0.2, 0.25) is 5.02 Å². The van der Waals surface area contributed by atoms with Gasteiger partial charge in [-0.15, -0.1) is 0 Å². The Balaban J connectivity index is 1.94. The van der Waals surface area contributed by atoms with Crippen molar-refractivity contribution < 1.29 is 22.7 Å². The number of hydrogen-bond donors (Lipinski definition) is 1. The normalized spacial score (nSPS) is 11.0. The fourth-order valence-corrected chi connectivity index (χ4v) is 4.57. The van der Waals surface area contributed by atoms with E-state index in [4.69, 9.17) is 21.1 Å². The van der Waals surface area contributed by atoms with Gasteiger partial charge in [-0.2, -0.15) is 0 Å². The summed E-state index contributed by atoms with van der Waals surface area (Å²) in [7, 11) is -1.17. The molecule has 0 bridgehead atoms. The third-order valence-electron chi connectivity index (χ3n) is 4.68. The van der Waals surface area contributed by atoms with Crippen molar-refractivity contribution in [2.24, 2.45) is 0 Å². The molecule has 0 saturated carbocycles. The number of nitrogens with one attached hydrogen (secondary N) is 1.